The maximum absolute atomic E-state index is 5.97. The van der Waals surface area contributed by atoms with Crippen LogP contribution in [0.15, 0.2) is 46.9 Å². The number of aromatic nitrogens is 3. The predicted octanol–water partition coefficient (Wildman–Crippen LogP) is 6.65. The molecule has 0 bridgehead atoms. The molecule has 0 amide bonds. The highest BCUT2D eigenvalue weighted by Crippen LogP contribution is 2.39. The Kier molecular flexibility index (Phi) is 7.23. The first-order chi connectivity index (χ1) is 14.7. The van der Waals surface area contributed by atoms with Crippen LogP contribution in [0.5, 0.6) is 5.75 Å². The van der Waals surface area contributed by atoms with E-state index in [1.807, 2.05) is 30.3 Å². The average molecular weight is 508 g/mol. The number of hydrogen-bond donors (Lipinski definition) is 1. The van der Waals surface area contributed by atoms with Crippen LogP contribution in [-0.4, -0.2) is 27.6 Å². The minimum atomic E-state index is 0.420. The van der Waals surface area contributed by atoms with Gasteiger partial charge < -0.3 is 4.74 Å². The lowest BCUT2D eigenvalue weighted by Gasteiger charge is -2.18. The zero-order valence-corrected chi connectivity index (χ0v) is 19.9. The fraction of sp³-hybridized carbons (Fsp3) is 0.364. The van der Waals surface area contributed by atoms with Crippen LogP contribution in [0, 0.1) is 0 Å². The zero-order valence-electron chi connectivity index (χ0n) is 16.8. The van der Waals surface area contributed by atoms with Gasteiger partial charge in [-0.2, -0.15) is 0 Å². The van der Waals surface area contributed by atoms with Crippen LogP contribution in [0.1, 0.15) is 43.0 Å². The molecule has 1 N–H and O–H groups in total. The van der Waals surface area contributed by atoms with E-state index in [0.717, 1.165) is 57.7 Å². The summed E-state index contributed by atoms with van der Waals surface area (Å²) in [6.45, 7) is 0. The summed E-state index contributed by atoms with van der Waals surface area (Å²) in [5, 5.41) is 9.84. The first-order valence-electron chi connectivity index (χ1n) is 10.1. The summed E-state index contributed by atoms with van der Waals surface area (Å²) in [4.78, 5) is 0. The van der Waals surface area contributed by atoms with Crippen molar-refractivity contribution in [1.82, 2.24) is 14.8 Å². The van der Waals surface area contributed by atoms with E-state index >= 15 is 0 Å². The highest BCUT2D eigenvalue weighted by atomic mass is 79.9. The number of halogens is 2. The Balaban J connectivity index is 1.56. The van der Waals surface area contributed by atoms with Gasteiger partial charge in [0.1, 0.15) is 17.3 Å². The number of anilines is 1. The fourth-order valence-electron chi connectivity index (χ4n) is 3.84. The van der Waals surface area contributed by atoms with Crippen molar-refractivity contribution in [2.45, 2.75) is 38.0 Å². The van der Waals surface area contributed by atoms with Crippen LogP contribution < -0.4 is 9.46 Å². The maximum atomic E-state index is 5.97. The molecule has 8 heteroatoms. The molecule has 1 saturated carbocycles. The van der Waals surface area contributed by atoms with Gasteiger partial charge in [-0.25, -0.2) is 0 Å². The topological polar surface area (TPSA) is 52.0 Å². The van der Waals surface area contributed by atoms with Crippen molar-refractivity contribution in [2.24, 2.45) is 0 Å². The van der Waals surface area contributed by atoms with Gasteiger partial charge in [-0.1, -0.05) is 42.6 Å². The van der Waals surface area contributed by atoms with Crippen molar-refractivity contribution in [2.75, 3.05) is 17.6 Å². The lowest BCUT2D eigenvalue weighted by Crippen LogP contribution is -2.10. The van der Waals surface area contributed by atoms with Crippen molar-refractivity contribution in [3.05, 3.63) is 63.3 Å². The third kappa shape index (κ3) is 4.79. The van der Waals surface area contributed by atoms with Gasteiger partial charge >= 0.3 is 0 Å². The number of rotatable bonds is 8. The van der Waals surface area contributed by atoms with E-state index in [4.69, 9.17) is 16.3 Å². The average Bonchev–Trinajstić information content (AvgIpc) is 3.42. The summed E-state index contributed by atoms with van der Waals surface area (Å²) < 4.78 is 12.2. The summed E-state index contributed by atoms with van der Waals surface area (Å²) in [6.07, 6.45) is 5.71. The van der Waals surface area contributed by atoms with Crippen LogP contribution in [0.25, 0.3) is 5.69 Å². The predicted molar refractivity (Wildman–Crippen MR) is 128 cm³/mol. The first kappa shape index (κ1) is 21.5. The molecular weight excluding hydrogens is 484 g/mol. The van der Waals surface area contributed by atoms with Crippen molar-refractivity contribution in [3.63, 3.8) is 0 Å². The van der Waals surface area contributed by atoms with E-state index in [2.05, 4.69) is 47.5 Å². The second kappa shape index (κ2) is 10.1. The van der Waals surface area contributed by atoms with Gasteiger partial charge in [-0.15, -0.1) is 10.2 Å². The number of hydrogen-bond acceptors (Lipinski definition) is 5. The third-order valence-electron chi connectivity index (χ3n) is 5.37. The van der Waals surface area contributed by atoms with Gasteiger partial charge in [0, 0.05) is 21.2 Å². The molecule has 1 aliphatic carbocycles. The largest absolute Gasteiger partial charge is 0.495 e. The van der Waals surface area contributed by atoms with E-state index in [1.165, 1.54) is 18.4 Å². The lowest BCUT2D eigenvalue weighted by atomic mass is 10.1. The van der Waals surface area contributed by atoms with E-state index < -0.39 is 0 Å². The molecule has 2 aromatic carbocycles. The minimum Gasteiger partial charge on any atom is -0.495 e. The Morgan fingerprint density at radius 3 is 2.67 bits per heavy atom. The van der Waals surface area contributed by atoms with Crippen LogP contribution >= 0.6 is 39.5 Å². The Labute approximate surface area is 194 Å². The highest BCUT2D eigenvalue weighted by Gasteiger charge is 2.27. The van der Waals surface area contributed by atoms with Gasteiger partial charge in [0.15, 0.2) is 0 Å². The molecule has 0 spiro atoms. The summed E-state index contributed by atoms with van der Waals surface area (Å²) in [7, 11) is 1.69. The van der Waals surface area contributed by atoms with Gasteiger partial charge in [-0.05, 0) is 77.0 Å². The molecule has 30 heavy (non-hydrogen) atoms. The molecule has 0 radical (unpaired) electrons. The number of ether oxygens (including phenoxy) is 1. The molecule has 0 atom stereocenters. The Bertz CT molecular complexity index is 989. The molecule has 158 valence electrons. The normalized spacial score (nSPS) is 14.2. The summed E-state index contributed by atoms with van der Waals surface area (Å²) in [5.41, 5.74) is 2.20. The summed E-state index contributed by atoms with van der Waals surface area (Å²) in [6, 6.07) is 14.0. The Morgan fingerprint density at radius 1 is 1.17 bits per heavy atom. The van der Waals surface area contributed by atoms with Gasteiger partial charge in [-0.3, -0.25) is 9.29 Å². The number of aryl methyl sites for hydroxylation is 1. The molecule has 1 aliphatic rings. The molecule has 0 saturated heterocycles. The number of methoxy groups -OCH3 is 1. The van der Waals surface area contributed by atoms with Crippen LogP contribution in [0.3, 0.4) is 0 Å². The monoisotopic (exact) mass is 506 g/mol. The smallest absolute Gasteiger partial charge is 0.239 e. The SMILES string of the molecule is COc1cccc(Br)c1-n1c(NSCCc2ccc(Cl)cc2)nnc1C1CCCC1. The van der Waals surface area contributed by atoms with E-state index in [9.17, 15) is 0 Å². The molecule has 0 aliphatic heterocycles. The number of nitrogens with one attached hydrogen (secondary N) is 1. The van der Waals surface area contributed by atoms with Crippen molar-refractivity contribution < 1.29 is 4.74 Å². The molecule has 3 aromatic rings. The van der Waals surface area contributed by atoms with Gasteiger partial charge in [0.25, 0.3) is 0 Å². The van der Waals surface area contributed by atoms with E-state index in [0.29, 0.717) is 5.92 Å². The third-order valence-corrected chi connectivity index (χ3v) is 7.00. The van der Waals surface area contributed by atoms with Gasteiger partial charge in [0.2, 0.25) is 5.95 Å². The van der Waals surface area contributed by atoms with Crippen molar-refractivity contribution >= 4 is 45.4 Å². The van der Waals surface area contributed by atoms with Crippen LogP contribution in [-0.2, 0) is 6.42 Å². The molecule has 4 rings (SSSR count). The van der Waals surface area contributed by atoms with Crippen LogP contribution in [0.4, 0.5) is 5.95 Å². The van der Waals surface area contributed by atoms with E-state index in [1.54, 1.807) is 19.1 Å². The Hall–Kier alpha value is -1.70. The second-order valence-corrected chi connectivity index (χ2v) is 9.51. The molecule has 5 nitrogen and oxygen atoms in total. The van der Waals surface area contributed by atoms with Crippen molar-refractivity contribution in [3.8, 4) is 11.4 Å². The first-order valence-corrected chi connectivity index (χ1v) is 12.2. The standard InChI is InChI=1S/C22H24BrClN4OS/c1-29-19-8-4-7-18(23)20(19)28-21(16-5-2-3-6-16)25-26-22(28)27-30-14-13-15-9-11-17(24)12-10-15/h4,7-12,16H,2-3,5-6,13-14H2,1H3,(H,26,27). The van der Waals surface area contributed by atoms with Crippen LogP contribution in [0.2, 0.25) is 5.02 Å². The minimum absolute atomic E-state index is 0.420. The second-order valence-electron chi connectivity index (χ2n) is 7.32. The molecule has 1 aromatic heterocycles. The number of para-hydroxylation sites is 1. The Morgan fingerprint density at radius 2 is 1.93 bits per heavy atom. The quantitative estimate of drug-likeness (QED) is 0.273. The lowest BCUT2D eigenvalue weighted by molar-refractivity contribution is 0.412. The van der Waals surface area contributed by atoms with E-state index in [-0.39, 0.29) is 0 Å². The highest BCUT2D eigenvalue weighted by molar-refractivity contribution is 9.10. The van der Waals surface area contributed by atoms with Crippen molar-refractivity contribution in [1.29, 1.82) is 0 Å². The summed E-state index contributed by atoms with van der Waals surface area (Å²) >= 11 is 11.3. The summed E-state index contributed by atoms with van der Waals surface area (Å²) in [5.74, 6) is 3.84. The molecule has 1 fully saturated rings. The zero-order chi connectivity index (χ0) is 20.9. The maximum Gasteiger partial charge on any atom is 0.239 e. The fourth-order valence-corrected chi connectivity index (χ4v) is 5.20. The number of benzene rings is 2. The molecule has 0 unspecified atom stereocenters. The van der Waals surface area contributed by atoms with Gasteiger partial charge in [0.05, 0.1) is 7.11 Å². The molecule has 1 heterocycles. The number of nitrogens with zero attached hydrogens (tertiary/aromatic N) is 3. The molecular formula is C22H24BrClN4OS.